The van der Waals surface area contributed by atoms with Gasteiger partial charge in [0, 0.05) is 11.6 Å². The summed E-state index contributed by atoms with van der Waals surface area (Å²) < 4.78 is 7.11. The first-order chi connectivity index (χ1) is 14.2. The molecular formula is C23H19N3O3. The second-order valence-electron chi connectivity index (χ2n) is 6.47. The molecule has 0 unspecified atom stereocenters. The summed E-state index contributed by atoms with van der Waals surface area (Å²) in [7, 11) is 1.46. The van der Waals surface area contributed by atoms with Crippen LogP contribution < -0.4 is 15.6 Å². The molecule has 0 fully saturated rings. The predicted molar refractivity (Wildman–Crippen MR) is 112 cm³/mol. The second-order valence-corrected chi connectivity index (χ2v) is 6.47. The monoisotopic (exact) mass is 385 g/mol. The van der Waals surface area contributed by atoms with Crippen LogP contribution in [0.25, 0.3) is 10.9 Å². The number of para-hydroxylation sites is 1. The summed E-state index contributed by atoms with van der Waals surface area (Å²) in [5, 5.41) is 3.38. The number of anilines is 1. The summed E-state index contributed by atoms with van der Waals surface area (Å²) >= 11 is 0. The average molecular weight is 385 g/mol. The molecule has 0 saturated carbocycles. The van der Waals surface area contributed by atoms with E-state index in [9.17, 15) is 9.59 Å². The number of nitrogens with one attached hydrogen (secondary N) is 1. The van der Waals surface area contributed by atoms with Gasteiger partial charge < -0.3 is 14.6 Å². The van der Waals surface area contributed by atoms with Crippen LogP contribution in [0.4, 0.5) is 5.82 Å². The molecule has 0 aliphatic carbocycles. The van der Waals surface area contributed by atoms with Crippen molar-refractivity contribution in [2.24, 2.45) is 0 Å². The topological polar surface area (TPSA) is 73.2 Å². The molecule has 0 bridgehead atoms. The Hall–Kier alpha value is -3.93. The van der Waals surface area contributed by atoms with Crippen molar-refractivity contribution >= 4 is 22.6 Å². The van der Waals surface area contributed by atoms with Crippen molar-refractivity contribution in [1.82, 2.24) is 9.55 Å². The standard InChI is InChI=1S/C23H19N3O3/c1-29-21-17-11-5-6-12-18(17)26(15-16-9-3-2-4-10-16)23(28)20(21)22(27)25-19-13-7-8-14-24-19/h2-14H,15H2,1H3,(H,24,25,27). The number of nitrogens with zero attached hydrogens (tertiary/aromatic N) is 2. The molecule has 1 amide bonds. The Morgan fingerprint density at radius 2 is 1.72 bits per heavy atom. The van der Waals surface area contributed by atoms with Crippen molar-refractivity contribution < 1.29 is 9.53 Å². The van der Waals surface area contributed by atoms with Gasteiger partial charge in [0.05, 0.1) is 19.2 Å². The highest BCUT2D eigenvalue weighted by atomic mass is 16.5. The smallest absolute Gasteiger partial charge is 0.268 e. The molecule has 0 atom stereocenters. The molecule has 0 aliphatic heterocycles. The number of carbonyl (C=O) groups excluding carboxylic acids is 1. The van der Waals surface area contributed by atoms with E-state index in [1.165, 1.54) is 7.11 Å². The van der Waals surface area contributed by atoms with Gasteiger partial charge in [0.2, 0.25) is 0 Å². The van der Waals surface area contributed by atoms with Crippen LogP contribution in [-0.4, -0.2) is 22.6 Å². The molecule has 29 heavy (non-hydrogen) atoms. The lowest BCUT2D eigenvalue weighted by Crippen LogP contribution is -2.31. The molecule has 0 spiro atoms. The largest absolute Gasteiger partial charge is 0.495 e. The maximum absolute atomic E-state index is 13.4. The number of hydrogen-bond donors (Lipinski definition) is 1. The van der Waals surface area contributed by atoms with Gasteiger partial charge in [-0.2, -0.15) is 0 Å². The molecular weight excluding hydrogens is 366 g/mol. The lowest BCUT2D eigenvalue weighted by Gasteiger charge is -2.17. The number of rotatable bonds is 5. The van der Waals surface area contributed by atoms with Crippen LogP contribution in [0.5, 0.6) is 5.75 Å². The molecule has 0 radical (unpaired) electrons. The van der Waals surface area contributed by atoms with Gasteiger partial charge in [0.15, 0.2) is 0 Å². The molecule has 4 aromatic rings. The third kappa shape index (κ3) is 3.60. The van der Waals surface area contributed by atoms with Gasteiger partial charge in [-0.1, -0.05) is 48.5 Å². The minimum absolute atomic E-state index is 0.0483. The normalized spacial score (nSPS) is 10.7. The van der Waals surface area contributed by atoms with Crippen LogP contribution >= 0.6 is 0 Å². The number of amides is 1. The maximum Gasteiger partial charge on any atom is 0.268 e. The average Bonchev–Trinajstić information content (AvgIpc) is 2.76. The van der Waals surface area contributed by atoms with E-state index in [0.717, 1.165) is 5.56 Å². The quantitative estimate of drug-likeness (QED) is 0.568. The Morgan fingerprint density at radius 1 is 1.00 bits per heavy atom. The molecule has 0 saturated heterocycles. The number of ether oxygens (including phenoxy) is 1. The number of fused-ring (bicyclic) bond motifs is 1. The van der Waals surface area contributed by atoms with Crippen molar-refractivity contribution in [3.8, 4) is 5.75 Å². The van der Waals surface area contributed by atoms with Crippen molar-refractivity contribution in [1.29, 1.82) is 0 Å². The lowest BCUT2D eigenvalue weighted by atomic mass is 10.1. The number of carbonyl (C=O) groups is 1. The first-order valence-corrected chi connectivity index (χ1v) is 9.15. The SMILES string of the molecule is COc1c(C(=O)Nc2ccccn2)c(=O)n(Cc2ccccc2)c2ccccc12. The summed E-state index contributed by atoms with van der Waals surface area (Å²) in [5.41, 5.74) is 1.19. The van der Waals surface area contributed by atoms with Gasteiger partial charge in [-0.05, 0) is 29.8 Å². The molecule has 6 nitrogen and oxygen atoms in total. The molecule has 144 valence electrons. The van der Waals surface area contributed by atoms with Crippen LogP contribution in [0.2, 0.25) is 0 Å². The molecule has 2 aromatic carbocycles. The molecule has 6 heteroatoms. The highest BCUT2D eigenvalue weighted by Crippen LogP contribution is 2.28. The Labute approximate surface area is 167 Å². The second kappa shape index (κ2) is 7.98. The van der Waals surface area contributed by atoms with E-state index in [1.807, 2.05) is 54.6 Å². The van der Waals surface area contributed by atoms with E-state index in [4.69, 9.17) is 4.74 Å². The summed E-state index contributed by atoms with van der Waals surface area (Å²) in [5.74, 6) is 0.0585. The zero-order valence-electron chi connectivity index (χ0n) is 15.8. The van der Waals surface area contributed by atoms with Crippen molar-refractivity contribution in [3.05, 3.63) is 100 Å². The number of aromatic nitrogens is 2. The Bertz CT molecular complexity index is 1220. The highest BCUT2D eigenvalue weighted by molar-refractivity contribution is 6.08. The minimum Gasteiger partial charge on any atom is -0.495 e. The third-order valence-electron chi connectivity index (χ3n) is 4.65. The molecule has 2 heterocycles. The molecule has 0 aliphatic rings. The van der Waals surface area contributed by atoms with E-state index < -0.39 is 11.5 Å². The molecule has 2 aromatic heterocycles. The summed E-state index contributed by atoms with van der Waals surface area (Å²) in [6.07, 6.45) is 1.57. The van der Waals surface area contributed by atoms with Crippen molar-refractivity contribution in [2.45, 2.75) is 6.54 Å². The summed E-state index contributed by atoms with van der Waals surface area (Å²) in [6.45, 7) is 0.341. The van der Waals surface area contributed by atoms with Crippen LogP contribution in [-0.2, 0) is 6.54 Å². The fraction of sp³-hybridized carbons (Fsp3) is 0.0870. The van der Waals surface area contributed by atoms with Gasteiger partial charge in [-0.25, -0.2) is 4.98 Å². The predicted octanol–water partition coefficient (Wildman–Crippen LogP) is 3.71. The Kier molecular flexibility index (Phi) is 5.07. The van der Waals surface area contributed by atoms with E-state index in [1.54, 1.807) is 29.0 Å². The fourth-order valence-electron chi connectivity index (χ4n) is 3.33. The first kappa shape index (κ1) is 18.4. The van der Waals surface area contributed by atoms with E-state index >= 15 is 0 Å². The minimum atomic E-state index is -0.557. The van der Waals surface area contributed by atoms with Gasteiger partial charge in [0.25, 0.3) is 11.5 Å². The Balaban J connectivity index is 1.90. The van der Waals surface area contributed by atoms with Gasteiger partial charge >= 0.3 is 0 Å². The fourth-order valence-corrected chi connectivity index (χ4v) is 3.33. The summed E-state index contributed by atoms with van der Waals surface area (Å²) in [6, 6.07) is 22.2. The van der Waals surface area contributed by atoms with Crippen molar-refractivity contribution in [2.75, 3.05) is 12.4 Å². The van der Waals surface area contributed by atoms with Crippen LogP contribution in [0, 0.1) is 0 Å². The third-order valence-corrected chi connectivity index (χ3v) is 4.65. The zero-order chi connectivity index (χ0) is 20.2. The number of hydrogen-bond acceptors (Lipinski definition) is 4. The van der Waals surface area contributed by atoms with Gasteiger partial charge in [-0.3, -0.25) is 9.59 Å². The number of methoxy groups -OCH3 is 1. The van der Waals surface area contributed by atoms with Crippen LogP contribution in [0.15, 0.2) is 83.8 Å². The number of benzene rings is 2. The van der Waals surface area contributed by atoms with E-state index in [2.05, 4.69) is 10.3 Å². The number of pyridine rings is 2. The highest BCUT2D eigenvalue weighted by Gasteiger charge is 2.23. The van der Waals surface area contributed by atoms with Crippen molar-refractivity contribution in [3.63, 3.8) is 0 Å². The first-order valence-electron chi connectivity index (χ1n) is 9.15. The zero-order valence-corrected chi connectivity index (χ0v) is 15.8. The van der Waals surface area contributed by atoms with E-state index in [0.29, 0.717) is 23.3 Å². The lowest BCUT2D eigenvalue weighted by molar-refractivity contribution is 0.102. The molecule has 4 rings (SSSR count). The van der Waals surface area contributed by atoms with Gasteiger partial charge in [0.1, 0.15) is 17.1 Å². The van der Waals surface area contributed by atoms with Crippen LogP contribution in [0.3, 0.4) is 0 Å². The molecule has 1 N–H and O–H groups in total. The summed E-state index contributed by atoms with van der Waals surface area (Å²) in [4.78, 5) is 30.5. The van der Waals surface area contributed by atoms with Crippen LogP contribution in [0.1, 0.15) is 15.9 Å². The maximum atomic E-state index is 13.4. The van der Waals surface area contributed by atoms with E-state index in [-0.39, 0.29) is 11.3 Å². The van der Waals surface area contributed by atoms with Gasteiger partial charge in [-0.15, -0.1) is 0 Å². The Morgan fingerprint density at radius 3 is 2.45 bits per heavy atom.